The number of nitrogens with zero attached hydrogens (tertiary/aromatic N) is 2. The van der Waals surface area contributed by atoms with Crippen molar-refractivity contribution in [3.05, 3.63) is 179 Å². The summed E-state index contributed by atoms with van der Waals surface area (Å²) in [6.07, 6.45) is 0. The van der Waals surface area contributed by atoms with Crippen LogP contribution in [-0.2, 0) is 10.8 Å². The van der Waals surface area contributed by atoms with Crippen molar-refractivity contribution in [2.24, 2.45) is 0 Å². The van der Waals surface area contributed by atoms with Gasteiger partial charge in [0.1, 0.15) is 10.0 Å². The standard InChI is InChI=1S/C42H30N2S2/c1-41(2)31-17-6-7-18-33(31)42(34-19-8-10-21-37(34)45-38-22-11-9-20-35(38)42)36-26-29(23-24-32(36)41)28-15-12-16-30(25-28)40-44-43-39(46-40)27-13-4-3-5-14-27/h3-26H,1-2H3. The second-order valence-electron chi connectivity index (χ2n) is 12.6. The molecule has 0 saturated carbocycles. The molecule has 7 aromatic rings. The molecule has 6 aromatic carbocycles. The Morgan fingerprint density at radius 1 is 0.413 bits per heavy atom. The Kier molecular flexibility index (Phi) is 6.21. The quantitative estimate of drug-likeness (QED) is 0.195. The zero-order chi connectivity index (χ0) is 30.9. The number of fused-ring (bicyclic) bond motifs is 8. The van der Waals surface area contributed by atoms with E-state index in [1.807, 2.05) is 30.0 Å². The largest absolute Gasteiger partial charge is 0.148 e. The molecule has 2 aliphatic rings. The molecule has 0 saturated heterocycles. The number of aromatic nitrogens is 2. The van der Waals surface area contributed by atoms with Crippen LogP contribution in [0.1, 0.15) is 47.2 Å². The third-order valence-corrected chi connectivity index (χ3v) is 12.0. The van der Waals surface area contributed by atoms with Crippen LogP contribution in [0, 0.1) is 0 Å². The molecule has 0 amide bonds. The fourth-order valence-corrected chi connectivity index (χ4v) is 9.71. The Bertz CT molecular complexity index is 2240. The Morgan fingerprint density at radius 2 is 0.935 bits per heavy atom. The molecule has 4 heteroatoms. The predicted molar refractivity (Wildman–Crippen MR) is 191 cm³/mol. The summed E-state index contributed by atoms with van der Waals surface area (Å²) in [6, 6.07) is 53.4. The lowest BCUT2D eigenvalue weighted by atomic mass is 9.54. The molecule has 220 valence electrons. The van der Waals surface area contributed by atoms with Gasteiger partial charge in [-0.2, -0.15) is 0 Å². The molecular formula is C42H30N2S2. The van der Waals surface area contributed by atoms with E-state index in [2.05, 4.69) is 151 Å². The van der Waals surface area contributed by atoms with Crippen molar-refractivity contribution >= 4 is 23.1 Å². The molecule has 1 aliphatic carbocycles. The minimum absolute atomic E-state index is 0.160. The van der Waals surface area contributed by atoms with Crippen molar-refractivity contribution in [1.82, 2.24) is 10.2 Å². The summed E-state index contributed by atoms with van der Waals surface area (Å²) in [7, 11) is 0. The topological polar surface area (TPSA) is 25.8 Å². The summed E-state index contributed by atoms with van der Waals surface area (Å²) in [5, 5.41) is 11.0. The lowest BCUT2D eigenvalue weighted by Gasteiger charge is -2.50. The average molecular weight is 627 g/mol. The first kappa shape index (κ1) is 27.5. The van der Waals surface area contributed by atoms with Crippen LogP contribution in [0.25, 0.3) is 32.3 Å². The van der Waals surface area contributed by atoms with E-state index in [0.29, 0.717) is 0 Å². The van der Waals surface area contributed by atoms with Gasteiger partial charge in [-0.3, -0.25) is 0 Å². The van der Waals surface area contributed by atoms with Crippen LogP contribution < -0.4 is 0 Å². The zero-order valence-electron chi connectivity index (χ0n) is 25.6. The second-order valence-corrected chi connectivity index (χ2v) is 14.7. The van der Waals surface area contributed by atoms with E-state index >= 15 is 0 Å². The summed E-state index contributed by atoms with van der Waals surface area (Å²) in [4.78, 5) is 2.64. The molecule has 2 heterocycles. The van der Waals surface area contributed by atoms with Gasteiger partial charge in [-0.15, -0.1) is 10.2 Å². The lowest BCUT2D eigenvalue weighted by molar-refractivity contribution is 0.549. The third-order valence-electron chi connectivity index (χ3n) is 9.79. The number of benzene rings is 6. The Balaban J connectivity index is 1.27. The lowest BCUT2D eigenvalue weighted by Crippen LogP contribution is -2.43. The zero-order valence-corrected chi connectivity index (χ0v) is 27.2. The average Bonchev–Trinajstić information content (AvgIpc) is 3.61. The summed E-state index contributed by atoms with van der Waals surface area (Å²) in [6.45, 7) is 4.76. The molecule has 0 fully saturated rings. The highest BCUT2D eigenvalue weighted by Gasteiger charge is 2.52. The third kappa shape index (κ3) is 3.97. The Hall–Kier alpha value is -4.77. The van der Waals surface area contributed by atoms with Gasteiger partial charge in [0.05, 0.1) is 5.41 Å². The van der Waals surface area contributed by atoms with Gasteiger partial charge in [-0.05, 0) is 68.8 Å². The molecule has 46 heavy (non-hydrogen) atoms. The fraction of sp³-hybridized carbons (Fsp3) is 0.0952. The summed E-state index contributed by atoms with van der Waals surface area (Å²) < 4.78 is 0. The van der Waals surface area contributed by atoms with Gasteiger partial charge in [0, 0.05) is 26.3 Å². The molecule has 2 nitrogen and oxygen atoms in total. The van der Waals surface area contributed by atoms with E-state index in [4.69, 9.17) is 0 Å². The number of hydrogen-bond donors (Lipinski definition) is 0. The van der Waals surface area contributed by atoms with E-state index in [1.165, 1.54) is 54.3 Å². The molecule has 1 aromatic heterocycles. The minimum Gasteiger partial charge on any atom is -0.138 e. The first-order valence-corrected chi connectivity index (χ1v) is 17.3. The van der Waals surface area contributed by atoms with E-state index in [0.717, 1.165) is 21.1 Å². The number of rotatable bonds is 3. The molecule has 0 N–H and O–H groups in total. The highest BCUT2D eigenvalue weighted by molar-refractivity contribution is 7.99. The van der Waals surface area contributed by atoms with Crippen molar-refractivity contribution in [2.45, 2.75) is 34.5 Å². The highest BCUT2D eigenvalue weighted by Crippen LogP contribution is 2.61. The van der Waals surface area contributed by atoms with Crippen molar-refractivity contribution < 1.29 is 0 Å². The van der Waals surface area contributed by atoms with Crippen molar-refractivity contribution in [2.75, 3.05) is 0 Å². The molecule has 1 aliphatic heterocycles. The molecule has 0 unspecified atom stereocenters. The van der Waals surface area contributed by atoms with Crippen LogP contribution in [0.4, 0.5) is 0 Å². The molecule has 1 spiro atoms. The van der Waals surface area contributed by atoms with Crippen molar-refractivity contribution in [1.29, 1.82) is 0 Å². The maximum Gasteiger partial charge on any atom is 0.148 e. The van der Waals surface area contributed by atoms with Gasteiger partial charge in [0.25, 0.3) is 0 Å². The first-order chi connectivity index (χ1) is 22.5. The van der Waals surface area contributed by atoms with E-state index in [-0.39, 0.29) is 5.41 Å². The molecule has 9 rings (SSSR count). The predicted octanol–water partition coefficient (Wildman–Crippen LogP) is 11.0. The molecular weight excluding hydrogens is 597 g/mol. The van der Waals surface area contributed by atoms with Crippen LogP contribution in [0.15, 0.2) is 155 Å². The Morgan fingerprint density at radius 3 is 1.65 bits per heavy atom. The van der Waals surface area contributed by atoms with E-state index in [9.17, 15) is 0 Å². The summed E-state index contributed by atoms with van der Waals surface area (Å²) >= 11 is 3.52. The van der Waals surface area contributed by atoms with Gasteiger partial charge in [0.2, 0.25) is 0 Å². The molecule has 0 radical (unpaired) electrons. The monoisotopic (exact) mass is 626 g/mol. The minimum atomic E-state index is -0.433. The normalized spacial score (nSPS) is 15.0. The van der Waals surface area contributed by atoms with Crippen LogP contribution in [0.5, 0.6) is 0 Å². The van der Waals surface area contributed by atoms with Gasteiger partial charge in [-0.25, -0.2) is 0 Å². The maximum absolute atomic E-state index is 4.60. The molecule has 0 bridgehead atoms. The highest BCUT2D eigenvalue weighted by atomic mass is 32.2. The summed E-state index contributed by atoms with van der Waals surface area (Å²) in [5.41, 5.74) is 12.2. The van der Waals surface area contributed by atoms with Gasteiger partial charge in [-0.1, -0.05) is 158 Å². The molecule has 0 atom stereocenters. The van der Waals surface area contributed by atoms with E-state index in [1.54, 1.807) is 11.3 Å². The Labute approximate surface area is 277 Å². The van der Waals surface area contributed by atoms with Crippen molar-refractivity contribution in [3.63, 3.8) is 0 Å². The van der Waals surface area contributed by atoms with Crippen LogP contribution in [-0.4, -0.2) is 10.2 Å². The van der Waals surface area contributed by atoms with Crippen LogP contribution >= 0.6 is 23.1 Å². The van der Waals surface area contributed by atoms with E-state index < -0.39 is 5.41 Å². The summed E-state index contributed by atoms with van der Waals surface area (Å²) in [5.74, 6) is 0. The fourth-order valence-electron chi connectivity index (χ4n) is 7.67. The van der Waals surface area contributed by atoms with Crippen LogP contribution in [0.2, 0.25) is 0 Å². The maximum atomic E-state index is 4.60. The van der Waals surface area contributed by atoms with Crippen molar-refractivity contribution in [3.8, 4) is 32.3 Å². The van der Waals surface area contributed by atoms with Gasteiger partial charge < -0.3 is 0 Å². The van der Waals surface area contributed by atoms with Gasteiger partial charge >= 0.3 is 0 Å². The first-order valence-electron chi connectivity index (χ1n) is 15.7. The smallest absolute Gasteiger partial charge is 0.138 e. The van der Waals surface area contributed by atoms with Crippen LogP contribution in [0.3, 0.4) is 0 Å². The van der Waals surface area contributed by atoms with Gasteiger partial charge in [0.15, 0.2) is 0 Å². The SMILES string of the molecule is CC1(C)c2ccccc2C2(c3ccccc3Sc3ccccc32)c2cc(-c3cccc(-c4nnc(-c5ccccc5)s4)c3)ccc21. The number of hydrogen-bond acceptors (Lipinski definition) is 4. The second kappa shape index (κ2) is 10.4.